The van der Waals surface area contributed by atoms with E-state index in [1.54, 1.807) is 49.2 Å². The molecule has 0 aliphatic carbocycles. The lowest BCUT2D eigenvalue weighted by Gasteiger charge is -2.26. The van der Waals surface area contributed by atoms with Crippen molar-refractivity contribution in [3.63, 3.8) is 0 Å². The maximum Gasteiger partial charge on any atom is 0.296 e. The van der Waals surface area contributed by atoms with Crippen LogP contribution in [0, 0.1) is 22.7 Å². The maximum absolute atomic E-state index is 12.9. The Bertz CT molecular complexity index is 1560. The van der Waals surface area contributed by atoms with Gasteiger partial charge in [-0.05, 0) is 23.3 Å². The van der Waals surface area contributed by atoms with Gasteiger partial charge in [0.15, 0.2) is 5.69 Å². The Labute approximate surface area is 204 Å². The third-order valence-electron chi connectivity index (χ3n) is 5.86. The molecule has 0 saturated heterocycles. The van der Waals surface area contributed by atoms with Gasteiger partial charge < -0.3 is 14.9 Å². The monoisotopic (exact) mass is 484 g/mol. The van der Waals surface area contributed by atoms with Gasteiger partial charge in [-0.25, -0.2) is 4.98 Å². The number of aryl methyl sites for hydroxylation is 1. The molecule has 0 saturated carbocycles. The summed E-state index contributed by atoms with van der Waals surface area (Å²) in [6.45, 7) is 1.76. The molecule has 0 aliphatic rings. The molecule has 0 spiro atoms. The molecule has 0 radical (unpaired) electrons. The summed E-state index contributed by atoms with van der Waals surface area (Å²) in [5, 5.41) is 40.2. The Balaban J connectivity index is 1.91. The van der Waals surface area contributed by atoms with E-state index in [9.17, 15) is 25.2 Å². The number of nitrogens with zero attached hydrogens (tertiary/aromatic N) is 7. The summed E-state index contributed by atoms with van der Waals surface area (Å²) in [5.41, 5.74) is 0.573. The quantitative estimate of drug-likeness (QED) is 0.415. The highest BCUT2D eigenvalue weighted by Crippen LogP contribution is 2.40. The fourth-order valence-corrected chi connectivity index (χ4v) is 4.18. The van der Waals surface area contributed by atoms with Gasteiger partial charge in [-0.3, -0.25) is 18.8 Å². The molecule has 0 aliphatic heterocycles. The van der Waals surface area contributed by atoms with Crippen molar-refractivity contribution in [1.29, 1.82) is 10.5 Å². The van der Waals surface area contributed by atoms with E-state index < -0.39 is 34.7 Å². The fourth-order valence-electron chi connectivity index (χ4n) is 4.18. The molecule has 3 heterocycles. The van der Waals surface area contributed by atoms with Crippen LogP contribution in [0.15, 0.2) is 52.4 Å². The molecule has 0 bridgehead atoms. The summed E-state index contributed by atoms with van der Waals surface area (Å²) in [4.78, 5) is 30.1. The van der Waals surface area contributed by atoms with Crippen molar-refractivity contribution >= 4 is 11.6 Å². The second-order valence-electron chi connectivity index (χ2n) is 8.10. The first-order valence-electron chi connectivity index (χ1n) is 10.7. The summed E-state index contributed by atoms with van der Waals surface area (Å²) >= 11 is 0. The van der Waals surface area contributed by atoms with Crippen molar-refractivity contribution in [2.45, 2.75) is 18.8 Å². The second kappa shape index (κ2) is 9.56. The summed E-state index contributed by atoms with van der Waals surface area (Å²) in [6, 6.07) is 9.10. The van der Waals surface area contributed by atoms with Crippen molar-refractivity contribution in [1.82, 2.24) is 24.5 Å². The Morgan fingerprint density at radius 1 is 1.19 bits per heavy atom. The van der Waals surface area contributed by atoms with Gasteiger partial charge in [-0.2, -0.15) is 15.6 Å². The zero-order valence-electron chi connectivity index (χ0n) is 19.5. The number of anilines is 1. The van der Waals surface area contributed by atoms with Gasteiger partial charge in [-0.1, -0.05) is 18.1 Å². The maximum atomic E-state index is 12.9. The number of hydrogen-bond donors (Lipinski definition) is 2. The van der Waals surface area contributed by atoms with Crippen molar-refractivity contribution in [2.24, 2.45) is 14.1 Å². The predicted molar refractivity (Wildman–Crippen MR) is 125 cm³/mol. The van der Waals surface area contributed by atoms with Crippen molar-refractivity contribution in [3.05, 3.63) is 87.2 Å². The van der Waals surface area contributed by atoms with Crippen LogP contribution in [-0.4, -0.2) is 35.5 Å². The van der Waals surface area contributed by atoms with E-state index in [0.717, 1.165) is 4.57 Å². The van der Waals surface area contributed by atoms with Crippen LogP contribution in [0.4, 0.5) is 5.69 Å². The lowest BCUT2D eigenvalue weighted by molar-refractivity contribution is 0.101. The third-order valence-corrected chi connectivity index (χ3v) is 5.86. The van der Waals surface area contributed by atoms with Gasteiger partial charge in [0.05, 0.1) is 35.7 Å². The normalized spacial score (nSPS) is 12.4. The van der Waals surface area contributed by atoms with E-state index >= 15 is 0 Å². The molecule has 2 N–H and O–H groups in total. The Morgan fingerprint density at radius 2 is 1.89 bits per heavy atom. The van der Waals surface area contributed by atoms with Crippen LogP contribution in [0.3, 0.4) is 0 Å². The van der Waals surface area contributed by atoms with E-state index in [2.05, 4.69) is 37.2 Å². The van der Waals surface area contributed by atoms with Crippen LogP contribution >= 0.6 is 0 Å². The molecular formula is C24H20N8O4. The van der Waals surface area contributed by atoms with E-state index in [1.807, 2.05) is 0 Å². The molecule has 0 unspecified atom stereocenters. The smallest absolute Gasteiger partial charge is 0.296 e. The van der Waals surface area contributed by atoms with Gasteiger partial charge in [-0.15, -0.1) is 0 Å². The van der Waals surface area contributed by atoms with Crippen LogP contribution in [0.1, 0.15) is 57.3 Å². The Morgan fingerprint density at radius 3 is 2.44 bits per heavy atom. The number of carbonyl (C=O) groups excluding carboxylic acids is 1. The molecule has 2 atom stereocenters. The minimum Gasteiger partial charge on any atom is -0.501 e. The fraction of sp³-hybridized carbons (Fsp3) is 0.208. The zero-order valence-corrected chi connectivity index (χ0v) is 19.5. The molecule has 3 aromatic heterocycles. The number of benzene rings is 1. The molecule has 4 rings (SSSR count). The van der Waals surface area contributed by atoms with E-state index in [-0.39, 0.29) is 22.6 Å². The van der Waals surface area contributed by atoms with Gasteiger partial charge in [0.1, 0.15) is 17.8 Å². The van der Waals surface area contributed by atoms with E-state index in [4.69, 9.17) is 0 Å². The van der Waals surface area contributed by atoms with Crippen LogP contribution in [-0.2, 0) is 14.1 Å². The highest BCUT2D eigenvalue weighted by atomic mass is 16.5. The SMILES string of the molecule is C[C@@H](c1nc(C(=O)Nc2cnoc2)c(O)c(=O)n1C)[C@@H](c1cnn(C)c1)c1c(C#N)cccc1C#N. The van der Waals surface area contributed by atoms with Crippen LogP contribution in [0.25, 0.3) is 0 Å². The number of hydrogen-bond acceptors (Lipinski definition) is 9. The first-order chi connectivity index (χ1) is 17.3. The van der Waals surface area contributed by atoms with Gasteiger partial charge in [0, 0.05) is 32.1 Å². The number of nitriles is 2. The third kappa shape index (κ3) is 4.19. The van der Waals surface area contributed by atoms with Crippen LogP contribution < -0.4 is 10.9 Å². The predicted octanol–water partition coefficient (Wildman–Crippen LogP) is 2.14. The number of aromatic nitrogens is 5. The average molecular weight is 484 g/mol. The highest BCUT2D eigenvalue weighted by Gasteiger charge is 2.33. The standard InChI is InChI=1S/C24H20N8O4/c1-13(18(16-9-27-31(2)11-16)19-14(7-25)5-4-6-15(19)8-26)22-30-20(21(33)24(35)32(22)3)23(34)29-17-10-28-36-12-17/h4-6,9-13,18,33H,1-3H3,(H,29,34)/t13-,18+/m1/s1. The molecule has 1 aromatic carbocycles. The first kappa shape index (κ1) is 23.9. The van der Waals surface area contributed by atoms with Gasteiger partial charge in [0.25, 0.3) is 11.5 Å². The minimum absolute atomic E-state index is 0.152. The average Bonchev–Trinajstić information content (AvgIpc) is 3.54. The van der Waals surface area contributed by atoms with E-state index in [1.165, 1.54) is 19.5 Å². The summed E-state index contributed by atoms with van der Waals surface area (Å²) in [6.07, 6.45) is 5.78. The number of rotatable bonds is 6. The summed E-state index contributed by atoms with van der Waals surface area (Å²) in [7, 11) is 3.15. The lowest BCUT2D eigenvalue weighted by atomic mass is 9.78. The van der Waals surface area contributed by atoms with Crippen LogP contribution in [0.2, 0.25) is 0 Å². The summed E-state index contributed by atoms with van der Waals surface area (Å²) < 4.78 is 7.41. The number of carbonyl (C=O) groups is 1. The van der Waals surface area contributed by atoms with Crippen LogP contribution in [0.5, 0.6) is 5.75 Å². The molecular weight excluding hydrogens is 464 g/mol. The van der Waals surface area contributed by atoms with Gasteiger partial charge in [0.2, 0.25) is 5.75 Å². The number of amides is 1. The second-order valence-corrected chi connectivity index (χ2v) is 8.10. The topological polar surface area (TPSA) is 176 Å². The zero-order chi connectivity index (χ0) is 26.0. The number of aromatic hydroxyl groups is 1. The number of nitrogens with one attached hydrogen (secondary N) is 1. The molecule has 1 amide bonds. The van der Waals surface area contributed by atoms with E-state index in [0.29, 0.717) is 11.1 Å². The largest absolute Gasteiger partial charge is 0.501 e. The van der Waals surface area contributed by atoms with Crippen molar-refractivity contribution in [2.75, 3.05) is 5.32 Å². The first-order valence-corrected chi connectivity index (χ1v) is 10.7. The highest BCUT2D eigenvalue weighted by molar-refractivity contribution is 6.04. The molecule has 0 fully saturated rings. The lowest BCUT2D eigenvalue weighted by Crippen LogP contribution is -2.29. The molecule has 4 aromatic rings. The van der Waals surface area contributed by atoms with Crippen molar-refractivity contribution in [3.8, 4) is 17.9 Å². The summed E-state index contributed by atoms with van der Waals surface area (Å²) in [5.74, 6) is -2.79. The van der Waals surface area contributed by atoms with Gasteiger partial charge >= 0.3 is 0 Å². The molecule has 180 valence electrons. The Hall–Kier alpha value is -5.23. The Kier molecular flexibility index (Phi) is 6.35. The van der Waals surface area contributed by atoms with Crippen molar-refractivity contribution < 1.29 is 14.4 Å². The molecule has 12 nitrogen and oxygen atoms in total. The minimum atomic E-state index is -0.838. The molecule has 36 heavy (non-hydrogen) atoms. The molecule has 12 heteroatoms.